The van der Waals surface area contributed by atoms with Gasteiger partial charge in [0.25, 0.3) is 0 Å². The van der Waals surface area contributed by atoms with Gasteiger partial charge < -0.3 is 10.1 Å². The predicted molar refractivity (Wildman–Crippen MR) is 78.4 cm³/mol. The van der Waals surface area contributed by atoms with Crippen molar-refractivity contribution >= 4 is 34.1 Å². The van der Waals surface area contributed by atoms with Gasteiger partial charge in [-0.25, -0.2) is 4.98 Å². The van der Waals surface area contributed by atoms with Gasteiger partial charge in [0.1, 0.15) is 11.6 Å². The van der Waals surface area contributed by atoms with Gasteiger partial charge in [0, 0.05) is 17.6 Å². The van der Waals surface area contributed by atoms with Crippen LogP contribution in [0.1, 0.15) is 12.1 Å². The topological polar surface area (TPSA) is 34.1 Å². The molecule has 1 aliphatic rings. The van der Waals surface area contributed by atoms with E-state index in [0.29, 0.717) is 15.8 Å². The molecule has 3 nitrogen and oxygen atoms in total. The number of nitrogens with one attached hydrogen (secondary N) is 1. The molecule has 0 bridgehead atoms. The fraction of sp³-hybridized carbons (Fsp3) is 0.357. The number of rotatable bonds is 2. The first-order valence-corrected chi connectivity index (χ1v) is 7.03. The fourth-order valence-corrected chi connectivity index (χ4v) is 2.86. The summed E-state index contributed by atoms with van der Waals surface area (Å²) in [5.41, 5.74) is 1.66. The van der Waals surface area contributed by atoms with E-state index in [1.165, 1.54) is 0 Å². The van der Waals surface area contributed by atoms with Gasteiger partial charge >= 0.3 is 0 Å². The van der Waals surface area contributed by atoms with Crippen molar-refractivity contribution in [2.45, 2.75) is 19.4 Å². The lowest BCUT2D eigenvalue weighted by molar-refractivity contribution is 0.225. The minimum absolute atomic E-state index is 0.143. The zero-order valence-electron chi connectivity index (χ0n) is 10.5. The molecule has 0 saturated carbocycles. The number of ether oxygens (including phenoxy) is 1. The van der Waals surface area contributed by atoms with Crippen molar-refractivity contribution in [3.63, 3.8) is 0 Å². The van der Waals surface area contributed by atoms with E-state index < -0.39 is 0 Å². The zero-order valence-corrected chi connectivity index (χ0v) is 12.1. The molecule has 1 fully saturated rings. The summed E-state index contributed by atoms with van der Waals surface area (Å²) in [6, 6.07) is 5.61. The minimum atomic E-state index is 0.143. The Hall–Kier alpha value is -1.03. The van der Waals surface area contributed by atoms with E-state index in [1.54, 1.807) is 6.07 Å². The van der Waals surface area contributed by atoms with E-state index in [4.69, 9.17) is 27.9 Å². The highest BCUT2D eigenvalue weighted by atomic mass is 35.5. The molecule has 1 aromatic heterocycles. The summed E-state index contributed by atoms with van der Waals surface area (Å²) in [6.45, 7) is 3.75. The van der Waals surface area contributed by atoms with Crippen LogP contribution in [0.15, 0.2) is 18.2 Å². The number of hydrogen-bond acceptors (Lipinski definition) is 3. The van der Waals surface area contributed by atoms with Crippen LogP contribution in [0.3, 0.4) is 0 Å². The Morgan fingerprint density at radius 1 is 1.32 bits per heavy atom. The summed E-state index contributed by atoms with van der Waals surface area (Å²) in [7, 11) is 0. The summed E-state index contributed by atoms with van der Waals surface area (Å²) in [5, 5.41) is 5.26. The molecule has 1 aliphatic heterocycles. The molecule has 0 aliphatic carbocycles. The number of aromatic nitrogens is 1. The Morgan fingerprint density at radius 3 is 2.89 bits per heavy atom. The molecule has 0 amide bonds. The third-order valence-corrected chi connectivity index (χ3v) is 3.87. The van der Waals surface area contributed by atoms with E-state index in [9.17, 15) is 0 Å². The first-order valence-electron chi connectivity index (χ1n) is 6.28. The van der Waals surface area contributed by atoms with Crippen molar-refractivity contribution in [3.05, 3.63) is 33.9 Å². The summed E-state index contributed by atoms with van der Waals surface area (Å²) in [6.07, 6.45) is 1.12. The first kappa shape index (κ1) is 13.0. The number of benzene rings is 1. The molecule has 100 valence electrons. The fourth-order valence-electron chi connectivity index (χ4n) is 2.30. The molecule has 1 aromatic carbocycles. The Bertz CT molecular complexity index is 624. The van der Waals surface area contributed by atoms with Crippen LogP contribution in [0.4, 0.5) is 0 Å². The summed E-state index contributed by atoms with van der Waals surface area (Å²) >= 11 is 12.5. The number of fused-ring (bicyclic) bond motifs is 1. The largest absolute Gasteiger partial charge is 0.485 e. The van der Waals surface area contributed by atoms with Gasteiger partial charge in [0.05, 0.1) is 10.0 Å². The Balaban J connectivity index is 2.12. The van der Waals surface area contributed by atoms with Crippen molar-refractivity contribution in [2.75, 3.05) is 13.1 Å². The van der Waals surface area contributed by atoms with Crippen LogP contribution in [-0.4, -0.2) is 24.2 Å². The second-order valence-electron chi connectivity index (χ2n) is 4.75. The number of aryl methyl sites for hydroxylation is 1. The molecule has 1 saturated heterocycles. The van der Waals surface area contributed by atoms with Gasteiger partial charge in [-0.1, -0.05) is 23.2 Å². The summed E-state index contributed by atoms with van der Waals surface area (Å²) < 4.78 is 6.01. The molecule has 2 heterocycles. The van der Waals surface area contributed by atoms with Gasteiger partial charge in [-0.2, -0.15) is 0 Å². The second kappa shape index (κ2) is 5.16. The van der Waals surface area contributed by atoms with Gasteiger partial charge in [-0.05, 0) is 38.1 Å². The van der Waals surface area contributed by atoms with Crippen LogP contribution < -0.4 is 10.1 Å². The van der Waals surface area contributed by atoms with Crippen LogP contribution in [0.5, 0.6) is 5.75 Å². The molecule has 3 rings (SSSR count). The van der Waals surface area contributed by atoms with Crippen LogP contribution in [0.25, 0.3) is 10.9 Å². The maximum Gasteiger partial charge on any atom is 0.164 e. The molecule has 1 N–H and O–H groups in total. The molecular formula is C14H14Cl2N2O. The van der Waals surface area contributed by atoms with Crippen molar-refractivity contribution in [1.82, 2.24) is 10.3 Å². The lowest BCUT2D eigenvalue weighted by atomic mass is 10.2. The van der Waals surface area contributed by atoms with E-state index in [0.717, 1.165) is 36.1 Å². The van der Waals surface area contributed by atoms with Crippen molar-refractivity contribution in [1.29, 1.82) is 0 Å². The van der Waals surface area contributed by atoms with Gasteiger partial charge in [0.15, 0.2) is 5.75 Å². The molecule has 5 heteroatoms. The van der Waals surface area contributed by atoms with E-state index in [2.05, 4.69) is 10.3 Å². The smallest absolute Gasteiger partial charge is 0.164 e. The quantitative estimate of drug-likeness (QED) is 0.920. The van der Waals surface area contributed by atoms with E-state index >= 15 is 0 Å². The van der Waals surface area contributed by atoms with Crippen molar-refractivity contribution in [3.8, 4) is 5.75 Å². The van der Waals surface area contributed by atoms with Crippen LogP contribution in [-0.2, 0) is 0 Å². The molecule has 1 unspecified atom stereocenters. The maximum atomic E-state index is 6.27. The van der Waals surface area contributed by atoms with Crippen molar-refractivity contribution < 1.29 is 4.74 Å². The summed E-state index contributed by atoms with van der Waals surface area (Å²) in [5.74, 6) is 0.637. The van der Waals surface area contributed by atoms with Crippen LogP contribution >= 0.6 is 23.2 Å². The standard InChI is InChI=1S/C14H14Cl2N2O/c1-8-2-3-10-11(15)6-12(16)14(13(10)18-8)19-9-4-5-17-7-9/h2-3,6,9,17H,4-5,7H2,1H3. The molecule has 0 spiro atoms. The molecule has 19 heavy (non-hydrogen) atoms. The number of nitrogens with zero attached hydrogens (tertiary/aromatic N) is 1. The monoisotopic (exact) mass is 296 g/mol. The van der Waals surface area contributed by atoms with Gasteiger partial charge in [-0.15, -0.1) is 0 Å². The van der Waals surface area contributed by atoms with E-state index in [-0.39, 0.29) is 6.10 Å². The average molecular weight is 297 g/mol. The highest BCUT2D eigenvalue weighted by Gasteiger charge is 2.20. The Labute approximate surface area is 121 Å². The van der Waals surface area contributed by atoms with Crippen molar-refractivity contribution in [2.24, 2.45) is 0 Å². The van der Waals surface area contributed by atoms with Gasteiger partial charge in [-0.3, -0.25) is 0 Å². The third-order valence-electron chi connectivity index (χ3n) is 3.28. The molecule has 0 radical (unpaired) electrons. The molecule has 1 atom stereocenters. The first-order chi connectivity index (χ1) is 9.15. The lowest BCUT2D eigenvalue weighted by Gasteiger charge is -2.16. The van der Waals surface area contributed by atoms with Gasteiger partial charge in [0.2, 0.25) is 0 Å². The zero-order chi connectivity index (χ0) is 13.4. The second-order valence-corrected chi connectivity index (χ2v) is 5.57. The Morgan fingerprint density at radius 2 is 2.16 bits per heavy atom. The number of hydrogen-bond donors (Lipinski definition) is 1. The molecule has 2 aromatic rings. The predicted octanol–water partition coefficient (Wildman–Crippen LogP) is 3.59. The lowest BCUT2D eigenvalue weighted by Crippen LogP contribution is -2.20. The normalized spacial score (nSPS) is 19.0. The highest BCUT2D eigenvalue weighted by Crippen LogP contribution is 2.38. The number of pyridine rings is 1. The minimum Gasteiger partial charge on any atom is -0.485 e. The third kappa shape index (κ3) is 2.50. The number of halogens is 2. The van der Waals surface area contributed by atoms with Crippen LogP contribution in [0, 0.1) is 6.92 Å². The van der Waals surface area contributed by atoms with E-state index in [1.807, 2.05) is 19.1 Å². The summed E-state index contributed by atoms with van der Waals surface area (Å²) in [4.78, 5) is 4.53. The SMILES string of the molecule is Cc1ccc2c(Cl)cc(Cl)c(OC3CCNC3)c2n1. The van der Waals surface area contributed by atoms with Crippen LogP contribution in [0.2, 0.25) is 10.0 Å². The molecular weight excluding hydrogens is 283 g/mol. The Kier molecular flexibility index (Phi) is 3.52. The average Bonchev–Trinajstić information content (AvgIpc) is 2.87. The highest BCUT2D eigenvalue weighted by molar-refractivity contribution is 6.39. The maximum absolute atomic E-state index is 6.27.